The summed E-state index contributed by atoms with van der Waals surface area (Å²) in [5, 5.41) is 0. The number of aromatic nitrogens is 1. The summed E-state index contributed by atoms with van der Waals surface area (Å²) in [7, 11) is -3.61. The number of nitrogens with zero attached hydrogens (tertiary/aromatic N) is 1. The molecule has 0 aliphatic carbocycles. The third kappa shape index (κ3) is 7.51. The maximum absolute atomic E-state index is 12.0. The zero-order valence-corrected chi connectivity index (χ0v) is 14.7. The molecule has 0 amide bonds. The first-order chi connectivity index (χ1) is 10.9. The van der Waals surface area contributed by atoms with Crippen LogP contribution in [0.15, 0.2) is 17.1 Å². The maximum Gasteiger partial charge on any atom is 0.264 e. The molecule has 8 heteroatoms. The van der Waals surface area contributed by atoms with Gasteiger partial charge in [-0.1, -0.05) is 26.7 Å². The van der Waals surface area contributed by atoms with E-state index in [1.54, 1.807) is 0 Å². The zero-order valence-electron chi connectivity index (χ0n) is 13.9. The lowest BCUT2D eigenvalue weighted by Crippen LogP contribution is -2.23. The summed E-state index contributed by atoms with van der Waals surface area (Å²) < 4.78 is 33.8. The van der Waals surface area contributed by atoms with Crippen molar-refractivity contribution in [2.24, 2.45) is 0 Å². The highest BCUT2D eigenvalue weighted by Crippen LogP contribution is 2.09. The first kappa shape index (κ1) is 19.5. The molecule has 1 heterocycles. The molecule has 7 nitrogen and oxygen atoms in total. The summed E-state index contributed by atoms with van der Waals surface area (Å²) in [6.45, 7) is 4.68. The summed E-state index contributed by atoms with van der Waals surface area (Å²) in [6.07, 6.45) is 5.99. The second-order valence-corrected chi connectivity index (χ2v) is 6.82. The van der Waals surface area contributed by atoms with Crippen LogP contribution in [0.2, 0.25) is 0 Å². The van der Waals surface area contributed by atoms with Crippen molar-refractivity contribution in [1.29, 1.82) is 0 Å². The number of hydrogen-bond donors (Lipinski definition) is 0. The molecule has 0 aliphatic rings. The molecule has 1 aromatic rings. The van der Waals surface area contributed by atoms with Crippen molar-refractivity contribution in [3.8, 4) is 5.75 Å². The monoisotopic (exact) mass is 347 g/mol. The molecule has 0 unspecified atom stereocenters. The Morgan fingerprint density at radius 3 is 2.39 bits per heavy atom. The van der Waals surface area contributed by atoms with Gasteiger partial charge in [-0.3, -0.25) is 8.98 Å². The molecule has 0 radical (unpaired) electrons. The Morgan fingerprint density at radius 2 is 1.78 bits per heavy atom. The molecule has 0 saturated heterocycles. The standard InChI is InChI=1S/C15H25NO6S/c1-4-6-8-20-15-11-16(21-9-7-5-2)13(10-14(15)17)12-22-23(3,18)19/h10-11H,4-9,12H2,1-3H3. The molecule has 132 valence electrons. The van der Waals surface area contributed by atoms with Crippen LogP contribution in [-0.4, -0.2) is 32.6 Å². The molecular weight excluding hydrogens is 322 g/mol. The highest BCUT2D eigenvalue weighted by atomic mass is 32.2. The van der Waals surface area contributed by atoms with Crippen molar-refractivity contribution in [2.75, 3.05) is 19.5 Å². The third-order valence-electron chi connectivity index (χ3n) is 2.96. The van der Waals surface area contributed by atoms with Crippen LogP contribution < -0.4 is 15.0 Å². The fraction of sp³-hybridized carbons (Fsp3) is 0.667. The Hall–Kier alpha value is -1.54. The Morgan fingerprint density at radius 1 is 1.13 bits per heavy atom. The van der Waals surface area contributed by atoms with Crippen molar-refractivity contribution in [1.82, 2.24) is 4.73 Å². The van der Waals surface area contributed by atoms with E-state index in [-0.39, 0.29) is 17.8 Å². The van der Waals surface area contributed by atoms with Crippen LogP contribution in [0.3, 0.4) is 0 Å². The highest BCUT2D eigenvalue weighted by molar-refractivity contribution is 7.85. The molecule has 23 heavy (non-hydrogen) atoms. The van der Waals surface area contributed by atoms with E-state index in [9.17, 15) is 13.2 Å². The molecule has 0 fully saturated rings. The number of hydrogen-bond acceptors (Lipinski definition) is 6. The van der Waals surface area contributed by atoms with Crippen molar-refractivity contribution in [3.05, 3.63) is 28.2 Å². The number of pyridine rings is 1. The highest BCUT2D eigenvalue weighted by Gasteiger charge is 2.12. The van der Waals surface area contributed by atoms with E-state index in [1.807, 2.05) is 13.8 Å². The van der Waals surface area contributed by atoms with Gasteiger partial charge >= 0.3 is 0 Å². The van der Waals surface area contributed by atoms with Gasteiger partial charge in [0.15, 0.2) is 5.75 Å². The lowest BCUT2D eigenvalue weighted by Gasteiger charge is -2.16. The first-order valence-electron chi connectivity index (χ1n) is 7.73. The molecule has 1 rings (SSSR count). The van der Waals surface area contributed by atoms with Crippen molar-refractivity contribution in [3.63, 3.8) is 0 Å². The van der Waals surface area contributed by atoms with Crippen LogP contribution in [0.5, 0.6) is 5.75 Å². The van der Waals surface area contributed by atoms with E-state index in [1.165, 1.54) is 17.0 Å². The molecule has 0 spiro atoms. The van der Waals surface area contributed by atoms with Crippen LogP contribution in [0, 0.1) is 0 Å². The maximum atomic E-state index is 12.0. The molecule has 0 aromatic carbocycles. The minimum atomic E-state index is -3.61. The second-order valence-electron chi connectivity index (χ2n) is 5.17. The van der Waals surface area contributed by atoms with E-state index in [0.717, 1.165) is 31.9 Å². The molecular formula is C15H25NO6S. The second kappa shape index (κ2) is 9.57. The van der Waals surface area contributed by atoms with Gasteiger partial charge in [0.2, 0.25) is 5.43 Å². The smallest absolute Gasteiger partial charge is 0.264 e. The molecule has 0 saturated carbocycles. The fourth-order valence-corrected chi connectivity index (χ4v) is 2.01. The lowest BCUT2D eigenvalue weighted by molar-refractivity contribution is 0.0893. The molecule has 0 aliphatic heterocycles. The minimum absolute atomic E-state index is 0.179. The summed E-state index contributed by atoms with van der Waals surface area (Å²) in [5.41, 5.74) is -0.0112. The van der Waals surface area contributed by atoms with E-state index < -0.39 is 10.1 Å². The lowest BCUT2D eigenvalue weighted by atomic mass is 10.3. The Bertz CT molecular complexity index is 638. The summed E-state index contributed by atoms with van der Waals surface area (Å²) in [6, 6.07) is 1.28. The minimum Gasteiger partial charge on any atom is -0.488 e. The Kier molecular flexibility index (Phi) is 8.11. The van der Waals surface area contributed by atoms with Crippen LogP contribution >= 0.6 is 0 Å². The SMILES string of the molecule is CCCCOc1cn(OCCCC)c(COS(C)(=O)=O)cc1=O. The van der Waals surface area contributed by atoms with E-state index in [4.69, 9.17) is 13.8 Å². The van der Waals surface area contributed by atoms with Crippen LogP contribution in [0.4, 0.5) is 0 Å². The van der Waals surface area contributed by atoms with Gasteiger partial charge in [-0.2, -0.15) is 13.1 Å². The fourth-order valence-electron chi connectivity index (χ4n) is 1.67. The topological polar surface area (TPSA) is 83.8 Å². The quantitative estimate of drug-likeness (QED) is 0.448. The number of ether oxygens (including phenoxy) is 1. The molecule has 0 N–H and O–H groups in total. The normalized spacial score (nSPS) is 11.4. The van der Waals surface area contributed by atoms with Gasteiger partial charge in [0.05, 0.1) is 24.8 Å². The molecule has 0 bridgehead atoms. The van der Waals surface area contributed by atoms with Crippen molar-refractivity contribution < 1.29 is 22.2 Å². The summed E-state index contributed by atoms with van der Waals surface area (Å²) in [5.74, 6) is 0.179. The number of rotatable bonds is 11. The summed E-state index contributed by atoms with van der Waals surface area (Å²) in [4.78, 5) is 17.6. The van der Waals surface area contributed by atoms with Crippen molar-refractivity contribution >= 4 is 10.1 Å². The van der Waals surface area contributed by atoms with Gasteiger partial charge in [0.1, 0.15) is 13.2 Å². The Labute approximate surface area is 137 Å². The summed E-state index contributed by atoms with van der Waals surface area (Å²) >= 11 is 0. The van der Waals surface area contributed by atoms with Gasteiger partial charge in [0, 0.05) is 6.07 Å². The average Bonchev–Trinajstić information content (AvgIpc) is 2.48. The van der Waals surface area contributed by atoms with Gasteiger partial charge in [-0.05, 0) is 12.8 Å². The molecule has 0 atom stereocenters. The number of unbranched alkanes of at least 4 members (excludes halogenated alkanes) is 2. The average molecular weight is 347 g/mol. The zero-order chi connectivity index (χ0) is 17.3. The van der Waals surface area contributed by atoms with Crippen molar-refractivity contribution in [2.45, 2.75) is 46.1 Å². The Balaban J connectivity index is 2.96. The van der Waals surface area contributed by atoms with E-state index in [2.05, 4.69) is 0 Å². The third-order valence-corrected chi connectivity index (χ3v) is 3.51. The largest absolute Gasteiger partial charge is 0.488 e. The predicted molar refractivity (Wildman–Crippen MR) is 87.1 cm³/mol. The predicted octanol–water partition coefficient (Wildman–Crippen LogP) is 1.73. The van der Waals surface area contributed by atoms with Crippen LogP contribution in [-0.2, 0) is 20.9 Å². The van der Waals surface area contributed by atoms with Crippen LogP contribution in [0.25, 0.3) is 0 Å². The van der Waals surface area contributed by atoms with E-state index in [0.29, 0.717) is 18.9 Å². The van der Waals surface area contributed by atoms with Crippen LogP contribution in [0.1, 0.15) is 45.2 Å². The van der Waals surface area contributed by atoms with E-state index >= 15 is 0 Å². The van der Waals surface area contributed by atoms with Gasteiger partial charge < -0.3 is 9.57 Å². The first-order valence-corrected chi connectivity index (χ1v) is 9.55. The van der Waals surface area contributed by atoms with Gasteiger partial charge in [-0.15, -0.1) is 0 Å². The molecule has 1 aromatic heterocycles. The van der Waals surface area contributed by atoms with Gasteiger partial charge in [0.25, 0.3) is 10.1 Å². The van der Waals surface area contributed by atoms with Gasteiger partial charge in [-0.25, -0.2) is 0 Å².